The summed E-state index contributed by atoms with van der Waals surface area (Å²) in [6.07, 6.45) is 0.982. The van der Waals surface area contributed by atoms with Crippen LogP contribution in [0.1, 0.15) is 6.42 Å². The lowest BCUT2D eigenvalue weighted by Crippen LogP contribution is -2.23. The Labute approximate surface area is 73.2 Å². The summed E-state index contributed by atoms with van der Waals surface area (Å²) in [5.41, 5.74) is -1.14. The summed E-state index contributed by atoms with van der Waals surface area (Å²) in [5, 5.41) is 10.6. The lowest BCUT2D eigenvalue weighted by molar-refractivity contribution is -0.479. The van der Waals surface area contributed by atoms with Crippen LogP contribution in [0, 0.1) is 10.1 Å². The molecule has 1 aliphatic rings. The predicted octanol–water partition coefficient (Wildman–Crippen LogP) is 1.36. The van der Waals surface area contributed by atoms with Crippen LogP contribution in [0.15, 0.2) is 4.99 Å². The molecule has 0 aromatic carbocycles. The Kier molecular flexibility index (Phi) is 3.14. The molecule has 0 amide bonds. The van der Waals surface area contributed by atoms with Crippen molar-refractivity contribution in [1.82, 2.24) is 0 Å². The zero-order valence-electron chi connectivity index (χ0n) is 5.70. The number of thioether (sulfide) groups is 1. The van der Waals surface area contributed by atoms with Crippen LogP contribution < -0.4 is 0 Å². The third-order valence-electron chi connectivity index (χ3n) is 1.21. The summed E-state index contributed by atoms with van der Waals surface area (Å²) in [6.45, 7) is 0.666. The van der Waals surface area contributed by atoms with Crippen molar-refractivity contribution in [2.24, 2.45) is 4.99 Å². The molecule has 0 saturated carbocycles. The highest BCUT2D eigenvalue weighted by molar-refractivity contribution is 8.14. The number of aliphatic imine (C=N–C) groups is 1. The fourth-order valence-electron chi connectivity index (χ4n) is 0.710. The second kappa shape index (κ2) is 3.92. The fourth-order valence-corrected chi connectivity index (χ4v) is 1.86. The van der Waals surface area contributed by atoms with Crippen LogP contribution in [0.5, 0.6) is 0 Å². The molecule has 6 heteroatoms. The Balaban J connectivity index is 2.58. The highest BCUT2D eigenvalue weighted by atomic mass is 35.5. The maximum atomic E-state index is 10.2. The van der Waals surface area contributed by atoms with Gasteiger partial charge in [0, 0.05) is 17.2 Å². The van der Waals surface area contributed by atoms with Crippen molar-refractivity contribution in [2.45, 2.75) is 11.9 Å². The monoisotopic (exact) mass is 194 g/mol. The van der Waals surface area contributed by atoms with Crippen molar-refractivity contribution in [3.8, 4) is 0 Å². The first-order valence-electron chi connectivity index (χ1n) is 3.16. The number of alkyl halides is 1. The highest BCUT2D eigenvalue weighted by Gasteiger charge is 2.25. The van der Waals surface area contributed by atoms with Crippen LogP contribution in [0.2, 0.25) is 0 Å². The summed E-state index contributed by atoms with van der Waals surface area (Å²) in [4.78, 5) is 13.6. The predicted molar refractivity (Wildman–Crippen MR) is 46.0 cm³/mol. The van der Waals surface area contributed by atoms with Crippen molar-refractivity contribution in [3.63, 3.8) is 0 Å². The first-order valence-corrected chi connectivity index (χ1v) is 4.58. The Morgan fingerprint density at radius 2 is 2.55 bits per heavy atom. The largest absolute Gasteiger partial charge is 0.333 e. The standard InChI is InChI=1S/C5H7ClN2O2S/c6-4(8(9)10)5-7-2-1-3-11-5/h4H,1-3H2. The fraction of sp³-hybridized carbons (Fsp3) is 0.800. The van der Waals surface area contributed by atoms with Gasteiger partial charge in [-0.05, 0) is 18.0 Å². The Bertz CT molecular complexity index is 197. The van der Waals surface area contributed by atoms with Gasteiger partial charge in [-0.25, -0.2) is 0 Å². The van der Waals surface area contributed by atoms with E-state index in [-0.39, 0.29) is 0 Å². The maximum absolute atomic E-state index is 10.2. The zero-order chi connectivity index (χ0) is 8.27. The lowest BCUT2D eigenvalue weighted by Gasteiger charge is -2.09. The normalized spacial score (nSPS) is 20.6. The van der Waals surface area contributed by atoms with E-state index in [0.717, 1.165) is 12.2 Å². The van der Waals surface area contributed by atoms with E-state index in [0.29, 0.717) is 11.6 Å². The van der Waals surface area contributed by atoms with E-state index >= 15 is 0 Å². The van der Waals surface area contributed by atoms with Crippen molar-refractivity contribution < 1.29 is 4.92 Å². The molecule has 62 valence electrons. The van der Waals surface area contributed by atoms with Gasteiger partial charge >= 0.3 is 5.50 Å². The number of halogens is 1. The number of rotatable bonds is 2. The Hall–Kier alpha value is -0.290. The number of nitrogens with zero attached hydrogens (tertiary/aromatic N) is 2. The summed E-state index contributed by atoms with van der Waals surface area (Å²) in [6, 6.07) is 0. The van der Waals surface area contributed by atoms with E-state index in [9.17, 15) is 10.1 Å². The number of hydrogen-bond donors (Lipinski definition) is 0. The summed E-state index contributed by atoms with van der Waals surface area (Å²) >= 11 is 6.82. The van der Waals surface area contributed by atoms with Gasteiger partial charge in [0.2, 0.25) is 0 Å². The molecule has 11 heavy (non-hydrogen) atoms. The minimum atomic E-state index is -1.14. The van der Waals surface area contributed by atoms with Gasteiger partial charge in [-0.2, -0.15) is 0 Å². The minimum absolute atomic E-state index is 0.447. The molecular weight excluding hydrogens is 188 g/mol. The molecule has 0 spiro atoms. The van der Waals surface area contributed by atoms with Crippen LogP contribution >= 0.6 is 23.4 Å². The second-order valence-electron chi connectivity index (χ2n) is 2.04. The molecule has 0 aromatic heterocycles. The molecule has 1 heterocycles. The Morgan fingerprint density at radius 1 is 1.82 bits per heavy atom. The van der Waals surface area contributed by atoms with Gasteiger partial charge in [-0.1, -0.05) is 0 Å². The Morgan fingerprint density at radius 3 is 3.00 bits per heavy atom. The molecule has 0 radical (unpaired) electrons. The van der Waals surface area contributed by atoms with E-state index in [1.165, 1.54) is 11.8 Å². The van der Waals surface area contributed by atoms with Gasteiger partial charge in [0.1, 0.15) is 0 Å². The molecule has 0 aromatic rings. The van der Waals surface area contributed by atoms with E-state index in [1.807, 2.05) is 0 Å². The average Bonchev–Trinajstić information content (AvgIpc) is 2.05. The molecule has 1 rings (SSSR count). The van der Waals surface area contributed by atoms with Crippen LogP contribution in [0.4, 0.5) is 0 Å². The van der Waals surface area contributed by atoms with Crippen molar-refractivity contribution in [1.29, 1.82) is 0 Å². The number of nitro groups is 1. The first kappa shape index (κ1) is 8.80. The quantitative estimate of drug-likeness (QED) is 0.289. The molecule has 0 saturated heterocycles. The molecule has 0 fully saturated rings. The highest BCUT2D eigenvalue weighted by Crippen LogP contribution is 2.18. The SMILES string of the molecule is O=[N+]([O-])C(Cl)C1=NCCCS1. The molecule has 1 unspecified atom stereocenters. The van der Waals surface area contributed by atoms with Gasteiger partial charge in [0.25, 0.3) is 0 Å². The van der Waals surface area contributed by atoms with Crippen molar-refractivity contribution in [2.75, 3.05) is 12.3 Å². The molecular formula is C5H7ClN2O2S. The third-order valence-corrected chi connectivity index (χ3v) is 2.85. The first-order chi connectivity index (χ1) is 5.22. The molecule has 0 bridgehead atoms. The molecule has 1 aliphatic heterocycles. The van der Waals surface area contributed by atoms with E-state index in [4.69, 9.17) is 11.6 Å². The van der Waals surface area contributed by atoms with Gasteiger partial charge in [-0.15, -0.1) is 11.8 Å². The van der Waals surface area contributed by atoms with Gasteiger partial charge in [-0.3, -0.25) is 15.1 Å². The average molecular weight is 195 g/mol. The van der Waals surface area contributed by atoms with Crippen LogP contribution in [-0.2, 0) is 0 Å². The summed E-state index contributed by atoms with van der Waals surface area (Å²) in [5.74, 6) is 0.885. The van der Waals surface area contributed by atoms with Crippen molar-refractivity contribution >= 4 is 28.4 Å². The van der Waals surface area contributed by atoms with Crippen LogP contribution in [0.3, 0.4) is 0 Å². The molecule has 0 N–H and O–H groups in total. The van der Waals surface area contributed by atoms with Gasteiger partial charge in [0.05, 0.1) is 0 Å². The second-order valence-corrected chi connectivity index (χ2v) is 3.57. The summed E-state index contributed by atoms with van der Waals surface area (Å²) in [7, 11) is 0. The number of hydrogen-bond acceptors (Lipinski definition) is 4. The van der Waals surface area contributed by atoms with Gasteiger partial charge in [0.15, 0.2) is 5.04 Å². The molecule has 0 aliphatic carbocycles. The lowest BCUT2D eigenvalue weighted by atomic mass is 10.5. The third kappa shape index (κ3) is 2.34. The minimum Gasteiger partial charge on any atom is -0.275 e. The van der Waals surface area contributed by atoms with E-state index < -0.39 is 10.4 Å². The topological polar surface area (TPSA) is 55.5 Å². The van der Waals surface area contributed by atoms with Crippen LogP contribution in [-0.4, -0.2) is 27.8 Å². The van der Waals surface area contributed by atoms with Crippen LogP contribution in [0.25, 0.3) is 0 Å². The van der Waals surface area contributed by atoms with E-state index in [1.54, 1.807) is 0 Å². The summed E-state index contributed by atoms with van der Waals surface area (Å²) < 4.78 is 0. The van der Waals surface area contributed by atoms with E-state index in [2.05, 4.69) is 4.99 Å². The molecule has 1 atom stereocenters. The smallest absolute Gasteiger partial charge is 0.275 e. The zero-order valence-corrected chi connectivity index (χ0v) is 7.27. The van der Waals surface area contributed by atoms with Gasteiger partial charge < -0.3 is 0 Å². The van der Waals surface area contributed by atoms with Crippen molar-refractivity contribution in [3.05, 3.63) is 10.1 Å². The molecule has 4 nitrogen and oxygen atoms in total. The maximum Gasteiger partial charge on any atom is 0.333 e.